The van der Waals surface area contributed by atoms with Gasteiger partial charge in [0.2, 0.25) is 0 Å². The van der Waals surface area contributed by atoms with E-state index in [-0.39, 0.29) is 5.41 Å². The maximum Gasteiger partial charge on any atom is 0.119 e. The number of hydrogen-bond acceptors (Lipinski definition) is 2. The summed E-state index contributed by atoms with van der Waals surface area (Å²) in [7, 11) is 0. The number of hydrogen-bond donors (Lipinski definition) is 0. The number of piperidine rings is 1. The van der Waals surface area contributed by atoms with E-state index >= 15 is 0 Å². The van der Waals surface area contributed by atoms with Crippen molar-refractivity contribution in [2.75, 3.05) is 13.1 Å². The molecule has 1 saturated heterocycles. The molecule has 0 unspecified atom stereocenters. The van der Waals surface area contributed by atoms with Crippen LogP contribution in [0.2, 0.25) is 0 Å². The van der Waals surface area contributed by atoms with Crippen molar-refractivity contribution < 1.29 is 4.74 Å². The van der Waals surface area contributed by atoms with Gasteiger partial charge >= 0.3 is 0 Å². The van der Waals surface area contributed by atoms with Crippen LogP contribution >= 0.6 is 0 Å². The van der Waals surface area contributed by atoms with E-state index in [1.54, 1.807) is 0 Å². The van der Waals surface area contributed by atoms with Gasteiger partial charge in [0.25, 0.3) is 0 Å². The SMILES string of the molecule is CC(C)(C)c1ccc(O[C@@H]2CCCN(Cc3ccccc3)C2)cc1. The van der Waals surface area contributed by atoms with E-state index < -0.39 is 0 Å². The zero-order valence-electron chi connectivity index (χ0n) is 15.2. The van der Waals surface area contributed by atoms with E-state index in [2.05, 4.69) is 80.3 Å². The molecule has 1 aliphatic heterocycles. The number of nitrogens with zero attached hydrogens (tertiary/aromatic N) is 1. The maximum absolute atomic E-state index is 6.25. The van der Waals surface area contributed by atoms with Crippen LogP contribution in [0.15, 0.2) is 54.6 Å². The lowest BCUT2D eigenvalue weighted by molar-refractivity contribution is 0.0843. The fraction of sp³-hybridized carbons (Fsp3) is 0.455. The molecule has 3 rings (SSSR count). The highest BCUT2D eigenvalue weighted by atomic mass is 16.5. The van der Waals surface area contributed by atoms with Crippen molar-refractivity contribution in [1.29, 1.82) is 0 Å². The Balaban J connectivity index is 1.57. The molecule has 0 bridgehead atoms. The fourth-order valence-electron chi connectivity index (χ4n) is 3.32. The standard InChI is InChI=1S/C22H29NO/c1-22(2,3)19-11-13-20(14-12-19)24-21-10-7-15-23(17-21)16-18-8-5-4-6-9-18/h4-6,8-9,11-14,21H,7,10,15-17H2,1-3H3/t21-/m1/s1. The average Bonchev–Trinajstić information content (AvgIpc) is 2.56. The largest absolute Gasteiger partial charge is 0.489 e. The summed E-state index contributed by atoms with van der Waals surface area (Å²) in [4.78, 5) is 2.51. The molecule has 0 saturated carbocycles. The third-order valence-corrected chi connectivity index (χ3v) is 4.73. The van der Waals surface area contributed by atoms with Crippen molar-refractivity contribution in [3.05, 3.63) is 65.7 Å². The van der Waals surface area contributed by atoms with Crippen LogP contribution in [0.4, 0.5) is 0 Å². The summed E-state index contributed by atoms with van der Waals surface area (Å²) in [6.07, 6.45) is 2.65. The molecule has 0 N–H and O–H groups in total. The molecule has 0 aliphatic carbocycles. The van der Waals surface area contributed by atoms with Gasteiger partial charge in [0.1, 0.15) is 11.9 Å². The minimum atomic E-state index is 0.190. The second-order valence-electron chi connectivity index (χ2n) is 7.88. The highest BCUT2D eigenvalue weighted by Crippen LogP contribution is 2.26. The quantitative estimate of drug-likeness (QED) is 0.782. The summed E-state index contributed by atoms with van der Waals surface area (Å²) in [5.74, 6) is 0.995. The van der Waals surface area contributed by atoms with Gasteiger partial charge < -0.3 is 4.74 Å². The van der Waals surface area contributed by atoms with Crippen LogP contribution in [0, 0.1) is 0 Å². The van der Waals surface area contributed by atoms with Gasteiger partial charge in [-0.05, 0) is 48.1 Å². The van der Waals surface area contributed by atoms with Gasteiger partial charge in [-0.25, -0.2) is 0 Å². The lowest BCUT2D eigenvalue weighted by Crippen LogP contribution is -2.40. The summed E-state index contributed by atoms with van der Waals surface area (Å²) in [6.45, 7) is 9.92. The predicted molar refractivity (Wildman–Crippen MR) is 101 cm³/mol. The molecule has 2 aromatic carbocycles. The zero-order valence-corrected chi connectivity index (χ0v) is 15.2. The highest BCUT2D eigenvalue weighted by Gasteiger charge is 2.21. The van der Waals surface area contributed by atoms with Crippen molar-refractivity contribution in [3.63, 3.8) is 0 Å². The van der Waals surface area contributed by atoms with Crippen molar-refractivity contribution in [1.82, 2.24) is 4.90 Å². The van der Waals surface area contributed by atoms with E-state index in [0.717, 1.165) is 31.8 Å². The molecule has 2 aromatic rings. The van der Waals surface area contributed by atoms with Crippen LogP contribution in [-0.2, 0) is 12.0 Å². The first kappa shape index (κ1) is 17.0. The first-order valence-corrected chi connectivity index (χ1v) is 9.04. The van der Waals surface area contributed by atoms with Crippen molar-refractivity contribution in [2.45, 2.75) is 51.7 Å². The van der Waals surface area contributed by atoms with E-state index in [1.807, 2.05) is 0 Å². The molecular formula is C22H29NO. The van der Waals surface area contributed by atoms with E-state index in [1.165, 1.54) is 17.5 Å². The summed E-state index contributed by atoms with van der Waals surface area (Å²) in [5, 5.41) is 0. The maximum atomic E-state index is 6.25. The van der Waals surface area contributed by atoms with Gasteiger partial charge in [-0.2, -0.15) is 0 Å². The summed E-state index contributed by atoms with van der Waals surface area (Å²) < 4.78 is 6.25. The first-order chi connectivity index (χ1) is 11.5. The number of likely N-dealkylation sites (tertiary alicyclic amines) is 1. The molecule has 24 heavy (non-hydrogen) atoms. The Labute approximate surface area is 146 Å². The Morgan fingerprint density at radius 2 is 1.71 bits per heavy atom. The lowest BCUT2D eigenvalue weighted by atomic mass is 9.87. The Hall–Kier alpha value is -1.80. The number of ether oxygens (including phenoxy) is 1. The molecule has 1 fully saturated rings. The monoisotopic (exact) mass is 323 g/mol. The van der Waals surface area contributed by atoms with Gasteiger partial charge in [0, 0.05) is 13.1 Å². The zero-order chi connectivity index (χ0) is 17.0. The highest BCUT2D eigenvalue weighted by molar-refractivity contribution is 5.31. The topological polar surface area (TPSA) is 12.5 Å². The van der Waals surface area contributed by atoms with Crippen molar-refractivity contribution >= 4 is 0 Å². The van der Waals surface area contributed by atoms with Gasteiger partial charge in [0.15, 0.2) is 0 Å². The summed E-state index contributed by atoms with van der Waals surface area (Å²) in [5.41, 5.74) is 2.92. The molecule has 0 spiro atoms. The molecule has 1 aliphatic rings. The summed E-state index contributed by atoms with van der Waals surface area (Å²) >= 11 is 0. The molecule has 0 aromatic heterocycles. The van der Waals surface area contributed by atoms with Crippen LogP contribution in [0.5, 0.6) is 5.75 Å². The van der Waals surface area contributed by atoms with Crippen LogP contribution in [0.1, 0.15) is 44.7 Å². The Bertz CT molecular complexity index is 627. The number of rotatable bonds is 4. The molecule has 2 nitrogen and oxygen atoms in total. The van der Waals surface area contributed by atoms with Crippen LogP contribution < -0.4 is 4.74 Å². The van der Waals surface area contributed by atoms with Gasteiger partial charge in [0.05, 0.1) is 0 Å². The normalized spacial score (nSPS) is 19.2. The molecule has 0 radical (unpaired) electrons. The van der Waals surface area contributed by atoms with Crippen LogP contribution in [-0.4, -0.2) is 24.1 Å². The van der Waals surface area contributed by atoms with Crippen molar-refractivity contribution in [2.24, 2.45) is 0 Å². The minimum absolute atomic E-state index is 0.190. The molecule has 128 valence electrons. The molecule has 2 heteroatoms. The van der Waals surface area contributed by atoms with Crippen molar-refractivity contribution in [3.8, 4) is 5.75 Å². The van der Waals surface area contributed by atoms with Gasteiger partial charge in [-0.1, -0.05) is 63.2 Å². The Morgan fingerprint density at radius 1 is 1.00 bits per heavy atom. The van der Waals surface area contributed by atoms with E-state index in [9.17, 15) is 0 Å². The first-order valence-electron chi connectivity index (χ1n) is 9.04. The second-order valence-corrected chi connectivity index (χ2v) is 7.88. The van der Waals surface area contributed by atoms with Crippen LogP contribution in [0.25, 0.3) is 0 Å². The molecular weight excluding hydrogens is 294 g/mol. The van der Waals surface area contributed by atoms with Gasteiger partial charge in [-0.15, -0.1) is 0 Å². The minimum Gasteiger partial charge on any atom is -0.489 e. The van der Waals surface area contributed by atoms with Crippen LogP contribution in [0.3, 0.4) is 0 Å². The number of benzene rings is 2. The average molecular weight is 323 g/mol. The molecule has 1 atom stereocenters. The predicted octanol–water partition coefficient (Wildman–Crippen LogP) is 5.03. The Morgan fingerprint density at radius 3 is 2.38 bits per heavy atom. The molecule has 1 heterocycles. The lowest BCUT2D eigenvalue weighted by Gasteiger charge is -2.33. The fourth-order valence-corrected chi connectivity index (χ4v) is 3.32. The second kappa shape index (κ2) is 7.40. The molecule has 0 amide bonds. The smallest absolute Gasteiger partial charge is 0.119 e. The van der Waals surface area contributed by atoms with E-state index in [4.69, 9.17) is 4.74 Å². The van der Waals surface area contributed by atoms with E-state index in [0.29, 0.717) is 6.10 Å². The Kier molecular flexibility index (Phi) is 5.25. The summed E-state index contributed by atoms with van der Waals surface area (Å²) in [6, 6.07) is 19.3. The third-order valence-electron chi connectivity index (χ3n) is 4.73. The third kappa shape index (κ3) is 4.61. The van der Waals surface area contributed by atoms with Gasteiger partial charge in [-0.3, -0.25) is 4.90 Å².